The number of likely N-dealkylation sites (N-methyl/N-ethyl adjacent to an activating group) is 1. The molecule has 0 aromatic heterocycles. The molecule has 8 nitrogen and oxygen atoms in total. The first-order valence-electron chi connectivity index (χ1n) is 12.8. The molecule has 1 saturated heterocycles. The Morgan fingerprint density at radius 3 is 2.34 bits per heavy atom. The molecular weight excluding hydrogens is 539 g/mol. The van der Waals surface area contributed by atoms with E-state index in [1.807, 2.05) is 36.4 Å². The van der Waals surface area contributed by atoms with Crippen molar-refractivity contribution in [3.05, 3.63) is 83.9 Å². The number of benzene rings is 3. The fourth-order valence-corrected chi connectivity index (χ4v) is 4.13. The highest BCUT2D eigenvalue weighted by atomic mass is 19.4. The summed E-state index contributed by atoms with van der Waals surface area (Å²) >= 11 is 0. The van der Waals surface area contributed by atoms with Gasteiger partial charge in [0.1, 0.15) is 12.4 Å². The van der Waals surface area contributed by atoms with E-state index < -0.39 is 23.8 Å². The number of nitrogens with one attached hydrogen (secondary N) is 1. The molecule has 0 aliphatic carbocycles. The Bertz CT molecular complexity index is 1380. The highest BCUT2D eigenvalue weighted by Gasteiger charge is 2.41. The van der Waals surface area contributed by atoms with Gasteiger partial charge >= 0.3 is 12.1 Å². The minimum absolute atomic E-state index is 0.0629. The van der Waals surface area contributed by atoms with Crippen LogP contribution in [0.5, 0.6) is 17.2 Å². The highest BCUT2D eigenvalue weighted by molar-refractivity contribution is 6.02. The Hall–Kier alpha value is -4.51. The summed E-state index contributed by atoms with van der Waals surface area (Å²) in [5.74, 6) is -2.63. The highest BCUT2D eigenvalue weighted by Crippen LogP contribution is 2.31. The van der Waals surface area contributed by atoms with Crippen LogP contribution in [0.4, 0.5) is 24.5 Å². The van der Waals surface area contributed by atoms with Crippen LogP contribution in [0, 0.1) is 0 Å². The smallest absolute Gasteiger partial charge is 0.491 e. The average molecular weight is 570 g/mol. The number of para-hydroxylation sites is 1. The number of amides is 1. The van der Waals surface area contributed by atoms with Crippen molar-refractivity contribution < 1.29 is 37.0 Å². The monoisotopic (exact) mass is 569 g/mol. The van der Waals surface area contributed by atoms with Gasteiger partial charge in [-0.15, -0.1) is 0 Å². The lowest BCUT2D eigenvalue weighted by Crippen LogP contribution is -2.44. The SMILES string of the molecule is COc1ccc(C=CC(=O)Nc2ccccc2COc2ccc(N3CCN(C)CC3)cc2)cc1OC(=O)C(F)(F)F. The molecule has 1 aliphatic rings. The lowest BCUT2D eigenvalue weighted by atomic mass is 10.1. The van der Waals surface area contributed by atoms with Crippen LogP contribution in [0.2, 0.25) is 0 Å². The molecule has 4 rings (SSSR count). The first-order chi connectivity index (χ1) is 19.6. The Balaban J connectivity index is 1.36. The number of halogens is 3. The summed E-state index contributed by atoms with van der Waals surface area (Å²) in [5.41, 5.74) is 2.77. The molecule has 0 atom stereocenters. The normalized spacial score (nSPS) is 14.1. The van der Waals surface area contributed by atoms with Crippen molar-refractivity contribution in [2.24, 2.45) is 0 Å². The maximum Gasteiger partial charge on any atom is 0.491 e. The van der Waals surface area contributed by atoms with Gasteiger partial charge in [0, 0.05) is 49.2 Å². The number of methoxy groups -OCH3 is 1. The van der Waals surface area contributed by atoms with Crippen LogP contribution in [-0.2, 0) is 16.2 Å². The third-order valence-corrected chi connectivity index (χ3v) is 6.42. The van der Waals surface area contributed by atoms with E-state index in [-0.39, 0.29) is 12.4 Å². The largest absolute Gasteiger partial charge is 0.493 e. The summed E-state index contributed by atoms with van der Waals surface area (Å²) in [6.07, 6.45) is -2.57. The number of ether oxygens (including phenoxy) is 3. The maximum absolute atomic E-state index is 12.6. The number of esters is 1. The molecule has 1 N–H and O–H groups in total. The van der Waals surface area contributed by atoms with Gasteiger partial charge in [-0.3, -0.25) is 4.79 Å². The topological polar surface area (TPSA) is 80.3 Å². The predicted molar refractivity (Wildman–Crippen MR) is 149 cm³/mol. The van der Waals surface area contributed by atoms with Gasteiger partial charge in [0.05, 0.1) is 7.11 Å². The number of carbonyl (C=O) groups is 2. The quantitative estimate of drug-likeness (QED) is 0.217. The molecule has 11 heteroatoms. The molecule has 41 heavy (non-hydrogen) atoms. The molecule has 0 spiro atoms. The number of hydrogen-bond donors (Lipinski definition) is 1. The van der Waals surface area contributed by atoms with Crippen LogP contribution in [0.25, 0.3) is 6.08 Å². The molecule has 216 valence electrons. The van der Waals surface area contributed by atoms with E-state index in [9.17, 15) is 22.8 Å². The molecule has 0 bridgehead atoms. The van der Waals surface area contributed by atoms with Crippen LogP contribution in [0.3, 0.4) is 0 Å². The van der Waals surface area contributed by atoms with Crippen LogP contribution >= 0.6 is 0 Å². The third-order valence-electron chi connectivity index (χ3n) is 6.42. The molecule has 3 aromatic rings. The number of anilines is 2. The number of nitrogens with zero attached hydrogens (tertiary/aromatic N) is 2. The molecule has 1 heterocycles. The Labute approximate surface area is 235 Å². The minimum Gasteiger partial charge on any atom is -0.493 e. The second-order valence-corrected chi connectivity index (χ2v) is 9.35. The van der Waals surface area contributed by atoms with Gasteiger partial charge in [0.15, 0.2) is 11.5 Å². The zero-order valence-corrected chi connectivity index (χ0v) is 22.6. The summed E-state index contributed by atoms with van der Waals surface area (Å²) in [6.45, 7) is 4.22. The molecule has 1 amide bonds. The van der Waals surface area contributed by atoms with Gasteiger partial charge in [-0.1, -0.05) is 24.3 Å². The van der Waals surface area contributed by atoms with Crippen molar-refractivity contribution in [3.63, 3.8) is 0 Å². The molecule has 3 aromatic carbocycles. The van der Waals surface area contributed by atoms with Gasteiger partial charge < -0.3 is 29.3 Å². The van der Waals surface area contributed by atoms with E-state index in [1.165, 1.54) is 37.5 Å². The van der Waals surface area contributed by atoms with Crippen molar-refractivity contribution in [1.29, 1.82) is 0 Å². The van der Waals surface area contributed by atoms with Crippen molar-refractivity contribution in [3.8, 4) is 17.2 Å². The standard InChI is InChI=1S/C30H30F3N3O5/c1-35-15-17-36(18-16-35)23-9-11-24(12-10-23)40-20-22-5-3-4-6-25(22)34-28(37)14-8-21-7-13-26(39-2)27(19-21)41-29(38)30(31,32)33/h3-14,19H,15-18,20H2,1-2H3,(H,34,37). The number of alkyl halides is 3. The van der Waals surface area contributed by atoms with Crippen LogP contribution in [-0.4, -0.2) is 63.3 Å². The maximum atomic E-state index is 12.6. The van der Waals surface area contributed by atoms with Crippen LogP contribution in [0.15, 0.2) is 72.8 Å². The average Bonchev–Trinajstić information content (AvgIpc) is 2.96. The van der Waals surface area contributed by atoms with E-state index in [2.05, 4.69) is 26.9 Å². The van der Waals surface area contributed by atoms with Gasteiger partial charge in [-0.25, -0.2) is 4.79 Å². The molecular formula is C30H30F3N3O5. The van der Waals surface area contributed by atoms with Crippen molar-refractivity contribution in [2.45, 2.75) is 12.8 Å². The van der Waals surface area contributed by atoms with E-state index in [0.29, 0.717) is 17.0 Å². The van der Waals surface area contributed by atoms with E-state index >= 15 is 0 Å². The molecule has 0 radical (unpaired) electrons. The predicted octanol–water partition coefficient (Wildman–Crippen LogP) is 5.15. The second kappa shape index (κ2) is 13.2. The summed E-state index contributed by atoms with van der Waals surface area (Å²) in [7, 11) is 3.35. The van der Waals surface area contributed by atoms with Crippen molar-refractivity contribution in [1.82, 2.24) is 4.90 Å². The van der Waals surface area contributed by atoms with Crippen LogP contribution < -0.4 is 24.4 Å². The van der Waals surface area contributed by atoms with Gasteiger partial charge in [-0.2, -0.15) is 13.2 Å². The molecule has 0 unspecified atom stereocenters. The Morgan fingerprint density at radius 2 is 1.66 bits per heavy atom. The summed E-state index contributed by atoms with van der Waals surface area (Å²) in [6, 6.07) is 19.1. The lowest BCUT2D eigenvalue weighted by Gasteiger charge is -2.34. The number of carbonyl (C=O) groups excluding carboxylic acids is 2. The number of rotatable bonds is 9. The first kappa shape index (κ1) is 29.5. The van der Waals surface area contributed by atoms with Gasteiger partial charge in [0.25, 0.3) is 0 Å². The zero-order valence-electron chi connectivity index (χ0n) is 22.6. The van der Waals surface area contributed by atoms with Crippen molar-refractivity contribution >= 4 is 29.3 Å². The van der Waals surface area contributed by atoms with E-state index in [4.69, 9.17) is 9.47 Å². The summed E-state index contributed by atoms with van der Waals surface area (Å²) in [5, 5.41) is 2.79. The lowest BCUT2D eigenvalue weighted by molar-refractivity contribution is -0.189. The number of piperazine rings is 1. The summed E-state index contributed by atoms with van der Waals surface area (Å²) < 4.78 is 53.2. The Morgan fingerprint density at radius 1 is 0.951 bits per heavy atom. The summed E-state index contributed by atoms with van der Waals surface area (Å²) in [4.78, 5) is 28.5. The zero-order chi connectivity index (χ0) is 29.4. The fraction of sp³-hybridized carbons (Fsp3) is 0.267. The van der Waals surface area contributed by atoms with Gasteiger partial charge in [0.2, 0.25) is 5.91 Å². The minimum atomic E-state index is -5.16. The van der Waals surface area contributed by atoms with Crippen molar-refractivity contribution in [2.75, 3.05) is 50.6 Å². The fourth-order valence-electron chi connectivity index (χ4n) is 4.13. The van der Waals surface area contributed by atoms with E-state index in [1.54, 1.807) is 12.1 Å². The first-order valence-corrected chi connectivity index (χ1v) is 12.8. The van der Waals surface area contributed by atoms with Crippen LogP contribution in [0.1, 0.15) is 11.1 Å². The second-order valence-electron chi connectivity index (χ2n) is 9.35. The third kappa shape index (κ3) is 8.24. The molecule has 0 saturated carbocycles. The number of hydrogen-bond acceptors (Lipinski definition) is 7. The molecule has 1 fully saturated rings. The Kier molecular flexibility index (Phi) is 9.51. The molecule has 1 aliphatic heterocycles. The van der Waals surface area contributed by atoms with Gasteiger partial charge in [-0.05, 0) is 61.2 Å². The van der Waals surface area contributed by atoms with E-state index in [0.717, 1.165) is 37.4 Å².